The van der Waals surface area contributed by atoms with Crippen LogP contribution in [0.25, 0.3) is 0 Å². The van der Waals surface area contributed by atoms with Gasteiger partial charge in [0.25, 0.3) is 0 Å². The molecule has 6 atom stereocenters. The number of hydrogen-bond donors (Lipinski definition) is 2. The molecule has 30 heavy (non-hydrogen) atoms. The second-order valence-corrected chi connectivity index (χ2v) is 11.0. The van der Waals surface area contributed by atoms with E-state index in [0.29, 0.717) is 17.8 Å². The normalized spacial score (nSPS) is 34.5. The summed E-state index contributed by atoms with van der Waals surface area (Å²) in [4.78, 5) is 0. The van der Waals surface area contributed by atoms with E-state index in [2.05, 4.69) is 65.5 Å². The smallest absolute Gasteiger partial charge is 0.0784 e. The van der Waals surface area contributed by atoms with Crippen molar-refractivity contribution in [1.82, 2.24) is 0 Å². The summed E-state index contributed by atoms with van der Waals surface area (Å²) >= 11 is 0. The van der Waals surface area contributed by atoms with E-state index in [1.165, 1.54) is 24.8 Å². The molecule has 0 heterocycles. The standard InChI is InChI=1S/C28H46O2/c1-19(11-13-21(3)27(6,7)30)22(4)28(8)17-9-10-25(23(28)5)16-15-24-14-12-20(2)26(29)18-24/h11,13,15-16,19,21-23,26,29-30H,2,9-10,12,14,17-18H2,1,3-8H3/b13-11+,24-15-,25-16+/t19-,21+,22?,23?,26+,28+/m0/s1. The van der Waals surface area contributed by atoms with Gasteiger partial charge in [-0.3, -0.25) is 0 Å². The lowest BCUT2D eigenvalue weighted by Crippen LogP contribution is -2.39. The van der Waals surface area contributed by atoms with Crippen LogP contribution in [0, 0.1) is 29.1 Å². The Morgan fingerprint density at radius 1 is 1.10 bits per heavy atom. The fraction of sp³-hybridized carbons (Fsp3) is 0.714. The average Bonchev–Trinajstić information content (AvgIpc) is 2.68. The molecule has 2 nitrogen and oxygen atoms in total. The molecular formula is C28H46O2. The van der Waals surface area contributed by atoms with Crippen molar-refractivity contribution >= 4 is 0 Å². The van der Waals surface area contributed by atoms with Crippen LogP contribution in [0.5, 0.6) is 0 Å². The van der Waals surface area contributed by atoms with Crippen molar-refractivity contribution in [3.8, 4) is 0 Å². The third-order valence-electron chi connectivity index (χ3n) is 8.60. The van der Waals surface area contributed by atoms with Crippen LogP contribution in [0.15, 0.2) is 47.6 Å². The number of allylic oxidation sites excluding steroid dienone is 4. The summed E-state index contributed by atoms with van der Waals surface area (Å²) < 4.78 is 0. The summed E-state index contributed by atoms with van der Waals surface area (Å²) in [7, 11) is 0. The molecule has 0 amide bonds. The van der Waals surface area contributed by atoms with E-state index < -0.39 is 5.60 Å². The Kier molecular flexibility index (Phi) is 8.38. The van der Waals surface area contributed by atoms with Crippen LogP contribution in [0.4, 0.5) is 0 Å². The fourth-order valence-corrected chi connectivity index (χ4v) is 5.08. The molecule has 170 valence electrons. The molecule has 2 aliphatic rings. The highest BCUT2D eigenvalue weighted by atomic mass is 16.3. The summed E-state index contributed by atoms with van der Waals surface area (Å²) in [6.45, 7) is 19.4. The molecule has 2 saturated carbocycles. The van der Waals surface area contributed by atoms with Gasteiger partial charge in [-0.2, -0.15) is 0 Å². The van der Waals surface area contributed by atoms with Crippen LogP contribution in [0.3, 0.4) is 0 Å². The first-order chi connectivity index (χ1) is 13.9. The van der Waals surface area contributed by atoms with E-state index in [0.717, 1.165) is 24.8 Å². The molecule has 0 bridgehead atoms. The van der Waals surface area contributed by atoms with Crippen LogP contribution in [-0.2, 0) is 0 Å². The molecule has 2 N–H and O–H groups in total. The Hall–Kier alpha value is -1.12. The van der Waals surface area contributed by atoms with Crippen LogP contribution < -0.4 is 0 Å². The summed E-state index contributed by atoms with van der Waals surface area (Å²) in [5, 5.41) is 20.3. The van der Waals surface area contributed by atoms with E-state index in [1.54, 1.807) is 5.57 Å². The second kappa shape index (κ2) is 10.0. The van der Waals surface area contributed by atoms with Gasteiger partial charge in [0.15, 0.2) is 0 Å². The van der Waals surface area contributed by atoms with Gasteiger partial charge in [-0.15, -0.1) is 0 Å². The van der Waals surface area contributed by atoms with E-state index >= 15 is 0 Å². The van der Waals surface area contributed by atoms with Gasteiger partial charge in [-0.25, -0.2) is 0 Å². The third-order valence-corrected chi connectivity index (χ3v) is 8.60. The van der Waals surface area contributed by atoms with E-state index in [1.807, 2.05) is 13.8 Å². The Balaban J connectivity index is 2.12. The zero-order valence-electron chi connectivity index (χ0n) is 20.5. The molecule has 2 heteroatoms. The minimum Gasteiger partial charge on any atom is -0.390 e. The van der Waals surface area contributed by atoms with Gasteiger partial charge in [0.2, 0.25) is 0 Å². The maximum Gasteiger partial charge on any atom is 0.0784 e. The van der Waals surface area contributed by atoms with Gasteiger partial charge in [-0.1, -0.05) is 76.6 Å². The van der Waals surface area contributed by atoms with Crippen LogP contribution >= 0.6 is 0 Å². The summed E-state index contributed by atoms with van der Waals surface area (Å²) in [5.41, 5.74) is 3.48. The van der Waals surface area contributed by atoms with Gasteiger partial charge in [-0.05, 0) is 81.1 Å². The van der Waals surface area contributed by atoms with Crippen molar-refractivity contribution in [1.29, 1.82) is 0 Å². The van der Waals surface area contributed by atoms with Crippen LogP contribution in [-0.4, -0.2) is 21.9 Å². The average molecular weight is 415 g/mol. The Labute approximate surface area is 185 Å². The van der Waals surface area contributed by atoms with Gasteiger partial charge < -0.3 is 10.2 Å². The molecule has 2 aliphatic carbocycles. The maximum absolute atomic E-state index is 10.2. The topological polar surface area (TPSA) is 40.5 Å². The Morgan fingerprint density at radius 3 is 2.37 bits per heavy atom. The third kappa shape index (κ3) is 5.98. The lowest BCUT2D eigenvalue weighted by Gasteiger charge is -2.47. The molecule has 0 aromatic carbocycles. The first-order valence-electron chi connectivity index (χ1n) is 12.0. The molecule has 0 aromatic rings. The number of hydrogen-bond acceptors (Lipinski definition) is 2. The summed E-state index contributed by atoms with van der Waals surface area (Å²) in [6.07, 6.45) is 15.2. The van der Waals surface area contributed by atoms with Crippen molar-refractivity contribution in [3.05, 3.63) is 47.6 Å². The molecule has 2 rings (SSSR count). The highest BCUT2D eigenvalue weighted by Crippen LogP contribution is 2.51. The molecular weight excluding hydrogens is 368 g/mol. The molecule has 0 saturated heterocycles. The first-order valence-corrected chi connectivity index (χ1v) is 12.0. The fourth-order valence-electron chi connectivity index (χ4n) is 5.08. The predicted molar refractivity (Wildman–Crippen MR) is 129 cm³/mol. The van der Waals surface area contributed by atoms with Gasteiger partial charge in [0.1, 0.15) is 0 Å². The minimum absolute atomic E-state index is 0.146. The lowest BCUT2D eigenvalue weighted by atomic mass is 9.57. The largest absolute Gasteiger partial charge is 0.390 e. The Morgan fingerprint density at radius 2 is 1.77 bits per heavy atom. The lowest BCUT2D eigenvalue weighted by molar-refractivity contribution is 0.0432. The highest BCUT2D eigenvalue weighted by Gasteiger charge is 2.41. The van der Waals surface area contributed by atoms with Crippen LogP contribution in [0.2, 0.25) is 0 Å². The number of aliphatic hydroxyl groups is 2. The summed E-state index contributed by atoms with van der Waals surface area (Å²) in [6, 6.07) is 0. The van der Waals surface area contributed by atoms with Crippen molar-refractivity contribution in [2.45, 2.75) is 98.7 Å². The van der Waals surface area contributed by atoms with E-state index in [9.17, 15) is 10.2 Å². The molecule has 0 aromatic heterocycles. The molecule has 2 fully saturated rings. The maximum atomic E-state index is 10.2. The zero-order valence-corrected chi connectivity index (χ0v) is 20.5. The SMILES string of the molecule is C=C1CC/C(=C/C=C2\CCC[C@](C)(C(C)[C@@H](C)/C=C/[C@@H](C)C(C)(C)O)C2C)C[C@H]1O. The van der Waals surface area contributed by atoms with Crippen molar-refractivity contribution in [2.75, 3.05) is 0 Å². The van der Waals surface area contributed by atoms with E-state index in [-0.39, 0.29) is 17.4 Å². The molecule has 0 spiro atoms. The first kappa shape index (κ1) is 25.1. The molecule has 0 radical (unpaired) electrons. The van der Waals surface area contributed by atoms with E-state index in [4.69, 9.17) is 0 Å². The Bertz CT molecular complexity index is 690. The van der Waals surface area contributed by atoms with Crippen molar-refractivity contribution < 1.29 is 10.2 Å². The van der Waals surface area contributed by atoms with Gasteiger partial charge >= 0.3 is 0 Å². The quantitative estimate of drug-likeness (QED) is 0.459. The predicted octanol–water partition coefficient (Wildman–Crippen LogP) is 7.00. The second-order valence-electron chi connectivity index (χ2n) is 11.0. The van der Waals surface area contributed by atoms with Crippen molar-refractivity contribution in [3.63, 3.8) is 0 Å². The molecule has 0 aliphatic heterocycles. The van der Waals surface area contributed by atoms with Crippen LogP contribution in [0.1, 0.15) is 87.0 Å². The number of rotatable bonds is 6. The zero-order chi connectivity index (χ0) is 22.7. The van der Waals surface area contributed by atoms with Gasteiger partial charge in [0, 0.05) is 5.92 Å². The van der Waals surface area contributed by atoms with Gasteiger partial charge in [0.05, 0.1) is 11.7 Å². The summed E-state index contributed by atoms with van der Waals surface area (Å²) in [5.74, 6) is 1.73. The minimum atomic E-state index is -0.677. The highest BCUT2D eigenvalue weighted by molar-refractivity contribution is 5.26. The molecule has 2 unspecified atom stereocenters. The monoisotopic (exact) mass is 414 g/mol. The number of aliphatic hydroxyl groups excluding tert-OH is 1. The van der Waals surface area contributed by atoms with Crippen molar-refractivity contribution in [2.24, 2.45) is 29.1 Å².